The molecule has 4 nitrogen and oxygen atoms in total. The number of carbonyl (C=O) groups is 1. The van der Waals surface area contributed by atoms with Gasteiger partial charge in [0.2, 0.25) is 5.91 Å². The van der Waals surface area contributed by atoms with Crippen LogP contribution in [0.1, 0.15) is 58.3 Å². The molecule has 0 aromatic rings. The van der Waals surface area contributed by atoms with Crippen molar-refractivity contribution in [3.05, 3.63) is 0 Å². The normalized spacial score (nSPS) is 27.7. The molecule has 2 rings (SSSR count). The van der Waals surface area contributed by atoms with Crippen molar-refractivity contribution in [2.24, 2.45) is 11.7 Å². The van der Waals surface area contributed by atoms with E-state index in [0.717, 1.165) is 19.5 Å². The Morgan fingerprint density at radius 3 is 2.27 bits per heavy atom. The molecule has 3 N–H and O–H groups in total. The molecular weight excluding hydrogens is 321 g/mol. The lowest BCUT2D eigenvalue weighted by Crippen LogP contribution is -2.52. The molecule has 1 aliphatic heterocycles. The van der Waals surface area contributed by atoms with Gasteiger partial charge in [0, 0.05) is 6.04 Å². The van der Waals surface area contributed by atoms with E-state index < -0.39 is 0 Å². The molecule has 0 aromatic heterocycles. The summed E-state index contributed by atoms with van der Waals surface area (Å²) >= 11 is 0. The molecule has 0 aromatic carbocycles. The van der Waals surface area contributed by atoms with Gasteiger partial charge in [-0.15, -0.1) is 24.8 Å². The Labute approximate surface area is 147 Å². The van der Waals surface area contributed by atoms with Crippen molar-refractivity contribution in [1.29, 1.82) is 0 Å². The molecule has 0 bridgehead atoms. The lowest BCUT2D eigenvalue weighted by atomic mass is 9.84. The summed E-state index contributed by atoms with van der Waals surface area (Å²) in [6.45, 7) is 4.89. The molecule has 1 amide bonds. The molecule has 6 heteroatoms. The highest BCUT2D eigenvalue weighted by molar-refractivity contribution is 5.85. The van der Waals surface area contributed by atoms with Crippen LogP contribution in [-0.4, -0.2) is 42.5 Å². The number of carbonyl (C=O) groups excluding carboxylic acids is 1. The van der Waals surface area contributed by atoms with Crippen molar-refractivity contribution < 1.29 is 4.79 Å². The summed E-state index contributed by atoms with van der Waals surface area (Å²) in [5.74, 6) is 0.682. The highest BCUT2D eigenvalue weighted by atomic mass is 35.5. The standard InChI is InChI=1S/C16H31N3O.2ClH/c1-13(19-10-6-2-3-7-11-19)16(20)18-15-9-5-4-8-14(15)12-17;;/h13-15H,2-12,17H2,1H3,(H,18,20);2*1H. The second kappa shape index (κ2) is 11.5. The van der Waals surface area contributed by atoms with Crippen LogP contribution in [0.3, 0.4) is 0 Å². The lowest BCUT2D eigenvalue weighted by molar-refractivity contribution is -0.127. The molecule has 2 aliphatic rings. The van der Waals surface area contributed by atoms with Crippen LogP contribution in [0.5, 0.6) is 0 Å². The fourth-order valence-corrected chi connectivity index (χ4v) is 3.63. The van der Waals surface area contributed by atoms with Crippen molar-refractivity contribution in [3.8, 4) is 0 Å². The number of hydrogen-bond donors (Lipinski definition) is 2. The zero-order valence-corrected chi connectivity index (χ0v) is 15.4. The van der Waals surface area contributed by atoms with Gasteiger partial charge in [-0.3, -0.25) is 9.69 Å². The van der Waals surface area contributed by atoms with E-state index in [1.807, 2.05) is 0 Å². The Hall–Kier alpha value is -0.0300. The van der Waals surface area contributed by atoms with Crippen LogP contribution in [0.15, 0.2) is 0 Å². The van der Waals surface area contributed by atoms with Gasteiger partial charge in [0.1, 0.15) is 0 Å². The Morgan fingerprint density at radius 2 is 1.68 bits per heavy atom. The average Bonchev–Trinajstić information content (AvgIpc) is 2.76. The zero-order chi connectivity index (χ0) is 14.4. The van der Waals surface area contributed by atoms with E-state index in [1.165, 1.54) is 44.9 Å². The second-order valence-corrected chi connectivity index (χ2v) is 6.52. The third-order valence-corrected chi connectivity index (χ3v) is 5.11. The first-order valence-corrected chi connectivity index (χ1v) is 8.47. The largest absolute Gasteiger partial charge is 0.352 e. The molecule has 2 fully saturated rings. The number of hydrogen-bond acceptors (Lipinski definition) is 3. The van der Waals surface area contributed by atoms with E-state index in [-0.39, 0.29) is 36.8 Å². The maximum absolute atomic E-state index is 12.5. The number of amides is 1. The Bertz CT molecular complexity index is 310. The molecule has 0 spiro atoms. The number of rotatable bonds is 4. The quantitative estimate of drug-likeness (QED) is 0.816. The predicted octanol–water partition coefficient (Wildman–Crippen LogP) is 2.73. The summed E-state index contributed by atoms with van der Waals surface area (Å²) in [6.07, 6.45) is 9.82. The highest BCUT2D eigenvalue weighted by Gasteiger charge is 2.28. The Morgan fingerprint density at radius 1 is 1.09 bits per heavy atom. The van der Waals surface area contributed by atoms with E-state index >= 15 is 0 Å². The number of nitrogens with zero attached hydrogens (tertiary/aromatic N) is 1. The third-order valence-electron chi connectivity index (χ3n) is 5.11. The van der Waals surface area contributed by atoms with Gasteiger partial charge >= 0.3 is 0 Å². The smallest absolute Gasteiger partial charge is 0.237 e. The number of halogens is 2. The van der Waals surface area contributed by atoms with Gasteiger partial charge in [-0.1, -0.05) is 25.7 Å². The summed E-state index contributed by atoms with van der Waals surface area (Å²) in [5.41, 5.74) is 5.85. The first-order valence-electron chi connectivity index (χ1n) is 8.47. The molecule has 3 atom stereocenters. The summed E-state index contributed by atoms with van der Waals surface area (Å²) in [4.78, 5) is 14.8. The van der Waals surface area contributed by atoms with Crippen molar-refractivity contribution in [3.63, 3.8) is 0 Å². The monoisotopic (exact) mass is 353 g/mol. The number of likely N-dealkylation sites (tertiary alicyclic amines) is 1. The molecule has 132 valence electrons. The maximum atomic E-state index is 12.5. The second-order valence-electron chi connectivity index (χ2n) is 6.52. The fraction of sp³-hybridized carbons (Fsp3) is 0.938. The van der Waals surface area contributed by atoms with Crippen molar-refractivity contribution in [2.45, 2.75) is 70.4 Å². The fourth-order valence-electron chi connectivity index (χ4n) is 3.63. The minimum absolute atomic E-state index is 0. The SMILES string of the molecule is CC(C(=O)NC1CCCCC1CN)N1CCCCCC1.Cl.Cl. The van der Waals surface area contributed by atoms with Crippen LogP contribution in [-0.2, 0) is 4.79 Å². The molecule has 22 heavy (non-hydrogen) atoms. The van der Waals surface area contributed by atoms with Gasteiger partial charge < -0.3 is 11.1 Å². The first-order chi connectivity index (χ1) is 9.72. The molecule has 3 unspecified atom stereocenters. The Balaban J connectivity index is 0.00000220. The van der Waals surface area contributed by atoms with E-state index in [4.69, 9.17) is 5.73 Å². The van der Waals surface area contributed by atoms with Crippen LogP contribution in [0.4, 0.5) is 0 Å². The molecule has 1 saturated carbocycles. The predicted molar refractivity (Wildman–Crippen MR) is 96.9 cm³/mol. The highest BCUT2D eigenvalue weighted by Crippen LogP contribution is 2.24. The molecule has 1 saturated heterocycles. The Kier molecular flexibility index (Phi) is 11.5. The molecule has 1 aliphatic carbocycles. The van der Waals surface area contributed by atoms with Crippen molar-refractivity contribution in [2.75, 3.05) is 19.6 Å². The third kappa shape index (κ3) is 6.23. The number of nitrogens with two attached hydrogens (primary N) is 1. The van der Waals surface area contributed by atoms with Crippen molar-refractivity contribution >= 4 is 30.7 Å². The summed E-state index contributed by atoms with van der Waals surface area (Å²) in [7, 11) is 0. The van der Waals surface area contributed by atoms with Gasteiger partial charge in [-0.05, 0) is 58.2 Å². The van der Waals surface area contributed by atoms with Gasteiger partial charge in [0.15, 0.2) is 0 Å². The summed E-state index contributed by atoms with van der Waals surface area (Å²) in [5, 5.41) is 3.28. The van der Waals surface area contributed by atoms with E-state index in [2.05, 4.69) is 17.1 Å². The van der Waals surface area contributed by atoms with Gasteiger partial charge in [0.25, 0.3) is 0 Å². The van der Waals surface area contributed by atoms with E-state index in [1.54, 1.807) is 0 Å². The van der Waals surface area contributed by atoms with Crippen LogP contribution >= 0.6 is 24.8 Å². The van der Waals surface area contributed by atoms with E-state index in [0.29, 0.717) is 18.5 Å². The topological polar surface area (TPSA) is 58.4 Å². The maximum Gasteiger partial charge on any atom is 0.237 e. The number of nitrogens with one attached hydrogen (secondary N) is 1. The molecule has 1 heterocycles. The summed E-state index contributed by atoms with van der Waals surface area (Å²) < 4.78 is 0. The summed E-state index contributed by atoms with van der Waals surface area (Å²) in [6, 6.07) is 0.309. The molecule has 0 radical (unpaired) electrons. The first kappa shape index (κ1) is 22.0. The minimum atomic E-state index is 0. The molecular formula is C16H33Cl2N3O. The van der Waals surface area contributed by atoms with Crippen LogP contribution < -0.4 is 11.1 Å². The van der Waals surface area contributed by atoms with Gasteiger partial charge in [0.05, 0.1) is 6.04 Å². The van der Waals surface area contributed by atoms with Crippen molar-refractivity contribution in [1.82, 2.24) is 10.2 Å². The van der Waals surface area contributed by atoms with Crippen LogP contribution in [0.2, 0.25) is 0 Å². The van der Waals surface area contributed by atoms with Crippen LogP contribution in [0.25, 0.3) is 0 Å². The minimum Gasteiger partial charge on any atom is -0.352 e. The van der Waals surface area contributed by atoms with Gasteiger partial charge in [-0.2, -0.15) is 0 Å². The van der Waals surface area contributed by atoms with Gasteiger partial charge in [-0.25, -0.2) is 0 Å². The van der Waals surface area contributed by atoms with Crippen LogP contribution in [0, 0.1) is 5.92 Å². The van der Waals surface area contributed by atoms with E-state index in [9.17, 15) is 4.79 Å². The zero-order valence-electron chi connectivity index (χ0n) is 13.8. The average molecular weight is 354 g/mol. The lowest BCUT2D eigenvalue weighted by Gasteiger charge is -2.34.